The molecular formula is C15H22N2O3S. The van der Waals surface area contributed by atoms with Crippen molar-refractivity contribution >= 4 is 29.3 Å². The van der Waals surface area contributed by atoms with E-state index in [0.717, 1.165) is 12.0 Å². The molecule has 0 aliphatic rings. The first-order valence-electron chi connectivity index (χ1n) is 6.77. The average molecular weight is 310 g/mol. The Labute approximate surface area is 129 Å². The zero-order valence-corrected chi connectivity index (χ0v) is 13.4. The number of carbonyl (C=O) groups is 2. The van der Waals surface area contributed by atoms with Crippen molar-refractivity contribution in [1.82, 2.24) is 5.32 Å². The molecule has 0 bridgehead atoms. The number of carbonyl (C=O) groups excluding carboxylic acids is 2. The Bertz CT molecular complexity index is 486. The third kappa shape index (κ3) is 6.18. The van der Waals surface area contributed by atoms with Gasteiger partial charge in [-0.3, -0.25) is 9.59 Å². The molecule has 0 saturated carbocycles. The van der Waals surface area contributed by atoms with Crippen molar-refractivity contribution in [3.8, 4) is 0 Å². The van der Waals surface area contributed by atoms with E-state index in [1.54, 1.807) is 19.1 Å². The van der Waals surface area contributed by atoms with E-state index < -0.39 is 17.4 Å². The Balaban J connectivity index is 2.49. The highest BCUT2D eigenvalue weighted by molar-refractivity contribution is 7.98. The lowest BCUT2D eigenvalue weighted by Gasteiger charge is -2.22. The predicted molar refractivity (Wildman–Crippen MR) is 86.5 cm³/mol. The zero-order valence-electron chi connectivity index (χ0n) is 12.6. The predicted octanol–water partition coefficient (Wildman–Crippen LogP) is 1.42. The van der Waals surface area contributed by atoms with Crippen molar-refractivity contribution in [3.63, 3.8) is 0 Å². The second-order valence-electron chi connectivity index (χ2n) is 5.12. The van der Waals surface area contributed by atoms with Crippen molar-refractivity contribution in [2.45, 2.75) is 25.9 Å². The highest BCUT2D eigenvalue weighted by Gasteiger charge is 2.22. The molecule has 0 aromatic heterocycles. The van der Waals surface area contributed by atoms with Crippen LogP contribution in [0.25, 0.3) is 0 Å². The van der Waals surface area contributed by atoms with Crippen LogP contribution in [-0.4, -0.2) is 41.1 Å². The van der Waals surface area contributed by atoms with E-state index >= 15 is 0 Å². The summed E-state index contributed by atoms with van der Waals surface area (Å²) >= 11 is 1.47. The molecule has 0 heterocycles. The summed E-state index contributed by atoms with van der Waals surface area (Å²) < 4.78 is 0. The van der Waals surface area contributed by atoms with Crippen LogP contribution in [0, 0.1) is 0 Å². The molecule has 21 heavy (non-hydrogen) atoms. The van der Waals surface area contributed by atoms with Gasteiger partial charge in [-0.2, -0.15) is 11.8 Å². The molecule has 0 aliphatic carbocycles. The van der Waals surface area contributed by atoms with E-state index in [0.29, 0.717) is 11.4 Å². The number of aryl methyl sites for hydroxylation is 1. The summed E-state index contributed by atoms with van der Waals surface area (Å²) in [5.41, 5.74) is 0.701. The second-order valence-corrected chi connectivity index (χ2v) is 5.98. The molecule has 1 rings (SSSR count). The van der Waals surface area contributed by atoms with Crippen LogP contribution in [0.1, 0.15) is 19.4 Å². The van der Waals surface area contributed by atoms with Gasteiger partial charge in [0.05, 0.1) is 5.60 Å². The summed E-state index contributed by atoms with van der Waals surface area (Å²) in [5.74, 6) is -1.01. The molecule has 0 saturated heterocycles. The van der Waals surface area contributed by atoms with Crippen LogP contribution in [0.15, 0.2) is 24.3 Å². The fourth-order valence-corrected chi connectivity index (χ4v) is 2.45. The minimum Gasteiger partial charge on any atom is -0.387 e. The summed E-state index contributed by atoms with van der Waals surface area (Å²) in [6, 6.07) is 7.31. The third-order valence-corrected chi connectivity index (χ3v) is 3.82. The van der Waals surface area contributed by atoms with Gasteiger partial charge in [-0.15, -0.1) is 0 Å². The lowest BCUT2D eigenvalue weighted by molar-refractivity contribution is -0.136. The molecule has 1 aromatic carbocycles. The van der Waals surface area contributed by atoms with Gasteiger partial charge in [0.25, 0.3) is 0 Å². The van der Waals surface area contributed by atoms with E-state index in [1.807, 2.05) is 25.3 Å². The topological polar surface area (TPSA) is 78.4 Å². The molecule has 116 valence electrons. The maximum Gasteiger partial charge on any atom is 0.313 e. The van der Waals surface area contributed by atoms with Crippen LogP contribution in [0.3, 0.4) is 0 Å². The molecule has 6 heteroatoms. The molecule has 0 aliphatic heterocycles. The van der Waals surface area contributed by atoms with Crippen LogP contribution in [0.4, 0.5) is 5.69 Å². The minimum atomic E-state index is -1.03. The number of rotatable bonds is 6. The number of hydrogen-bond donors (Lipinski definition) is 3. The van der Waals surface area contributed by atoms with E-state index in [4.69, 9.17) is 0 Å². The Morgan fingerprint density at radius 2 is 1.86 bits per heavy atom. The van der Waals surface area contributed by atoms with E-state index in [9.17, 15) is 14.7 Å². The Morgan fingerprint density at radius 3 is 2.38 bits per heavy atom. The van der Waals surface area contributed by atoms with Crippen molar-refractivity contribution in [3.05, 3.63) is 29.8 Å². The molecule has 0 spiro atoms. The summed E-state index contributed by atoms with van der Waals surface area (Å²) in [6.45, 7) is 3.70. The lowest BCUT2D eigenvalue weighted by atomic mass is 10.1. The minimum absolute atomic E-state index is 0.0366. The molecule has 0 radical (unpaired) electrons. The van der Waals surface area contributed by atoms with Gasteiger partial charge < -0.3 is 15.7 Å². The third-order valence-electron chi connectivity index (χ3n) is 2.91. The average Bonchev–Trinajstić information content (AvgIpc) is 2.45. The van der Waals surface area contributed by atoms with E-state index in [1.165, 1.54) is 11.8 Å². The van der Waals surface area contributed by atoms with Gasteiger partial charge in [-0.25, -0.2) is 0 Å². The quantitative estimate of drug-likeness (QED) is 0.694. The van der Waals surface area contributed by atoms with Crippen LogP contribution in [0.5, 0.6) is 0 Å². The molecule has 5 nitrogen and oxygen atoms in total. The number of aliphatic hydroxyl groups is 1. The first-order chi connectivity index (χ1) is 9.88. The Hall–Kier alpha value is -1.53. The monoisotopic (exact) mass is 310 g/mol. The number of thioether (sulfide) groups is 1. The van der Waals surface area contributed by atoms with Crippen LogP contribution < -0.4 is 10.6 Å². The molecular weight excluding hydrogens is 288 g/mol. The van der Waals surface area contributed by atoms with Crippen LogP contribution in [-0.2, 0) is 16.0 Å². The summed E-state index contributed by atoms with van der Waals surface area (Å²) in [4.78, 5) is 23.4. The van der Waals surface area contributed by atoms with Crippen molar-refractivity contribution in [2.75, 3.05) is 23.9 Å². The molecule has 2 amide bonds. The van der Waals surface area contributed by atoms with Gasteiger partial charge in [-0.05, 0) is 37.3 Å². The van der Waals surface area contributed by atoms with Crippen molar-refractivity contribution in [1.29, 1.82) is 0 Å². The van der Waals surface area contributed by atoms with Gasteiger partial charge in [-0.1, -0.05) is 19.1 Å². The van der Waals surface area contributed by atoms with Gasteiger partial charge in [0.15, 0.2) is 0 Å². The van der Waals surface area contributed by atoms with Crippen molar-refractivity contribution in [2.24, 2.45) is 0 Å². The second kappa shape index (κ2) is 8.05. The van der Waals surface area contributed by atoms with E-state index in [2.05, 4.69) is 10.6 Å². The van der Waals surface area contributed by atoms with Gasteiger partial charge in [0.2, 0.25) is 0 Å². The van der Waals surface area contributed by atoms with Crippen LogP contribution in [0.2, 0.25) is 0 Å². The number of anilines is 1. The number of benzene rings is 1. The Kier molecular flexibility index (Phi) is 6.71. The highest BCUT2D eigenvalue weighted by atomic mass is 32.2. The first-order valence-corrected chi connectivity index (χ1v) is 8.17. The normalized spacial score (nSPS) is 13.3. The number of amides is 2. The lowest BCUT2D eigenvalue weighted by Crippen LogP contribution is -2.45. The molecule has 1 aromatic rings. The summed E-state index contributed by atoms with van der Waals surface area (Å²) in [7, 11) is 0. The number of nitrogens with one attached hydrogen (secondary N) is 2. The standard InChI is InChI=1S/C15H22N2O3S/c1-4-11-5-7-12(8-6-11)17-14(19)13(18)16-9-15(2,20)10-21-3/h5-8,20H,4,9-10H2,1-3H3,(H,16,18)(H,17,19). The fraction of sp³-hybridized carbons (Fsp3) is 0.467. The highest BCUT2D eigenvalue weighted by Crippen LogP contribution is 2.10. The van der Waals surface area contributed by atoms with Gasteiger partial charge in [0.1, 0.15) is 0 Å². The maximum atomic E-state index is 11.7. The fourth-order valence-electron chi connectivity index (χ4n) is 1.72. The van der Waals surface area contributed by atoms with Gasteiger partial charge >= 0.3 is 11.8 Å². The molecule has 1 atom stereocenters. The Morgan fingerprint density at radius 1 is 1.24 bits per heavy atom. The summed E-state index contributed by atoms with van der Waals surface area (Å²) in [5, 5.41) is 14.9. The first kappa shape index (κ1) is 17.5. The maximum absolute atomic E-state index is 11.7. The SMILES string of the molecule is CCc1ccc(NC(=O)C(=O)NCC(C)(O)CSC)cc1. The van der Waals surface area contributed by atoms with Crippen molar-refractivity contribution < 1.29 is 14.7 Å². The molecule has 1 unspecified atom stereocenters. The van der Waals surface area contributed by atoms with Gasteiger partial charge in [0, 0.05) is 18.0 Å². The summed E-state index contributed by atoms with van der Waals surface area (Å²) in [6.07, 6.45) is 2.78. The molecule has 0 fully saturated rings. The van der Waals surface area contributed by atoms with E-state index in [-0.39, 0.29) is 6.54 Å². The van der Waals surface area contributed by atoms with Crippen LogP contribution >= 0.6 is 11.8 Å². The molecule has 3 N–H and O–H groups in total. The number of hydrogen-bond acceptors (Lipinski definition) is 4. The largest absolute Gasteiger partial charge is 0.387 e. The zero-order chi connectivity index (χ0) is 15.9. The smallest absolute Gasteiger partial charge is 0.313 e.